The first-order valence-electron chi connectivity index (χ1n) is 9.64. The van der Waals surface area contributed by atoms with Crippen molar-refractivity contribution in [3.63, 3.8) is 0 Å². The predicted molar refractivity (Wildman–Crippen MR) is 106 cm³/mol. The quantitative estimate of drug-likeness (QED) is 0.706. The van der Waals surface area contributed by atoms with Gasteiger partial charge in [-0.1, -0.05) is 23.4 Å². The predicted octanol–water partition coefficient (Wildman–Crippen LogP) is 3.02. The molecule has 0 saturated carbocycles. The van der Waals surface area contributed by atoms with Gasteiger partial charge < -0.3 is 14.6 Å². The number of benzene rings is 1. The third-order valence-corrected chi connectivity index (χ3v) is 5.79. The van der Waals surface area contributed by atoms with Crippen LogP contribution in [0.25, 0.3) is 10.9 Å². The molecule has 7 heteroatoms. The lowest BCUT2D eigenvalue weighted by atomic mass is 10.0. The highest BCUT2D eigenvalue weighted by Crippen LogP contribution is 2.32. The number of carbonyl (C=O) groups is 1. The number of para-hydroxylation sites is 1. The highest BCUT2D eigenvalue weighted by Gasteiger charge is 2.33. The highest BCUT2D eigenvalue weighted by atomic mass is 16.5. The number of carboxylic acids is 1. The van der Waals surface area contributed by atoms with Gasteiger partial charge in [-0.15, -0.1) is 0 Å². The number of aromatic nitrogens is 2. The molecule has 0 amide bonds. The number of aliphatic carboxylic acids is 1. The molecule has 1 atom stereocenters. The van der Waals surface area contributed by atoms with Crippen molar-refractivity contribution < 1.29 is 14.4 Å². The van der Waals surface area contributed by atoms with Gasteiger partial charge in [-0.3, -0.25) is 14.6 Å². The molecule has 1 saturated heterocycles. The van der Waals surface area contributed by atoms with Crippen molar-refractivity contribution >= 4 is 16.9 Å². The van der Waals surface area contributed by atoms with E-state index in [4.69, 9.17) is 4.52 Å². The molecule has 4 rings (SSSR count). The topological polar surface area (TPSA) is 85.6 Å². The SMILES string of the molecule is Cc1noc(C)c1CN1CCN([C@@H](C(=O)O)c2c(C)[nH]c3ccccc23)CC1. The van der Waals surface area contributed by atoms with Crippen LogP contribution in [0.2, 0.25) is 0 Å². The maximum absolute atomic E-state index is 12.2. The second kappa shape index (κ2) is 7.41. The van der Waals surface area contributed by atoms with Crippen LogP contribution in [0, 0.1) is 20.8 Å². The number of nitrogens with zero attached hydrogens (tertiary/aromatic N) is 3. The number of nitrogens with one attached hydrogen (secondary N) is 1. The Bertz CT molecular complexity index is 979. The zero-order chi connectivity index (χ0) is 19.8. The molecule has 2 N–H and O–H groups in total. The van der Waals surface area contributed by atoms with Gasteiger partial charge in [0.25, 0.3) is 0 Å². The Morgan fingerprint density at radius 3 is 2.57 bits per heavy atom. The average molecular weight is 382 g/mol. The average Bonchev–Trinajstić information content (AvgIpc) is 3.17. The third kappa shape index (κ3) is 3.31. The molecule has 0 radical (unpaired) electrons. The number of aryl methyl sites for hydroxylation is 3. The molecule has 7 nitrogen and oxygen atoms in total. The first-order valence-corrected chi connectivity index (χ1v) is 9.64. The van der Waals surface area contributed by atoms with E-state index < -0.39 is 12.0 Å². The Kier molecular flexibility index (Phi) is 4.95. The number of hydrogen-bond acceptors (Lipinski definition) is 5. The molecular formula is C21H26N4O3. The van der Waals surface area contributed by atoms with Crippen LogP contribution in [0.5, 0.6) is 0 Å². The van der Waals surface area contributed by atoms with Gasteiger partial charge in [-0.25, -0.2) is 0 Å². The van der Waals surface area contributed by atoms with Crippen molar-refractivity contribution in [3.05, 3.63) is 52.5 Å². The first-order chi connectivity index (χ1) is 13.5. The maximum atomic E-state index is 12.2. The van der Waals surface area contributed by atoms with Crippen molar-refractivity contribution in [1.29, 1.82) is 0 Å². The zero-order valence-corrected chi connectivity index (χ0v) is 16.5. The molecule has 2 aromatic heterocycles. The number of carboxylic acid groups (broad SMARTS) is 1. The molecular weight excluding hydrogens is 356 g/mol. The number of piperazine rings is 1. The third-order valence-electron chi connectivity index (χ3n) is 5.79. The Hall–Kier alpha value is -2.64. The molecule has 0 spiro atoms. The summed E-state index contributed by atoms with van der Waals surface area (Å²) in [4.78, 5) is 20.0. The van der Waals surface area contributed by atoms with E-state index in [1.165, 1.54) is 0 Å². The number of H-pyrrole nitrogens is 1. The van der Waals surface area contributed by atoms with E-state index in [2.05, 4.69) is 19.9 Å². The Morgan fingerprint density at radius 1 is 1.21 bits per heavy atom. The zero-order valence-electron chi connectivity index (χ0n) is 16.5. The van der Waals surface area contributed by atoms with Gasteiger partial charge in [-0.2, -0.15) is 0 Å². The number of aromatic amines is 1. The molecule has 0 bridgehead atoms. The summed E-state index contributed by atoms with van der Waals surface area (Å²) in [6.07, 6.45) is 0. The summed E-state index contributed by atoms with van der Waals surface area (Å²) in [6, 6.07) is 7.27. The number of fused-ring (bicyclic) bond motifs is 1. The van der Waals surface area contributed by atoms with Crippen LogP contribution in [-0.4, -0.2) is 57.2 Å². The van der Waals surface area contributed by atoms with Crippen molar-refractivity contribution in [2.75, 3.05) is 26.2 Å². The maximum Gasteiger partial charge on any atom is 0.325 e. The van der Waals surface area contributed by atoms with E-state index in [0.717, 1.165) is 58.8 Å². The lowest BCUT2D eigenvalue weighted by Crippen LogP contribution is -2.49. The molecule has 3 aromatic rings. The second-order valence-corrected chi connectivity index (χ2v) is 7.56. The Labute approximate surface area is 163 Å². The molecule has 0 aliphatic carbocycles. The first kappa shape index (κ1) is 18.7. The van der Waals surface area contributed by atoms with Gasteiger partial charge >= 0.3 is 5.97 Å². The minimum absolute atomic E-state index is 0.641. The Balaban J connectivity index is 1.53. The molecule has 3 heterocycles. The van der Waals surface area contributed by atoms with Crippen LogP contribution in [0.1, 0.15) is 34.3 Å². The van der Waals surface area contributed by atoms with Gasteiger partial charge in [-0.05, 0) is 26.8 Å². The minimum Gasteiger partial charge on any atom is -0.480 e. The normalized spacial score (nSPS) is 17.2. The summed E-state index contributed by atoms with van der Waals surface area (Å²) in [5, 5.41) is 15.1. The van der Waals surface area contributed by atoms with E-state index in [0.29, 0.717) is 13.1 Å². The highest BCUT2D eigenvalue weighted by molar-refractivity contribution is 5.90. The summed E-state index contributed by atoms with van der Waals surface area (Å²) in [5.74, 6) is 0.0600. The van der Waals surface area contributed by atoms with Crippen LogP contribution in [-0.2, 0) is 11.3 Å². The summed E-state index contributed by atoms with van der Waals surface area (Å²) < 4.78 is 5.26. The van der Waals surface area contributed by atoms with Crippen LogP contribution < -0.4 is 0 Å². The van der Waals surface area contributed by atoms with E-state index in [1.807, 2.05) is 45.0 Å². The smallest absolute Gasteiger partial charge is 0.325 e. The van der Waals surface area contributed by atoms with Gasteiger partial charge in [0.05, 0.1) is 5.69 Å². The molecule has 28 heavy (non-hydrogen) atoms. The molecule has 0 unspecified atom stereocenters. The summed E-state index contributed by atoms with van der Waals surface area (Å²) >= 11 is 0. The fourth-order valence-electron chi connectivity index (χ4n) is 4.24. The van der Waals surface area contributed by atoms with E-state index >= 15 is 0 Å². The van der Waals surface area contributed by atoms with Crippen molar-refractivity contribution in [2.45, 2.75) is 33.4 Å². The van der Waals surface area contributed by atoms with E-state index in [-0.39, 0.29) is 0 Å². The summed E-state index contributed by atoms with van der Waals surface area (Å²) in [6.45, 7) is 9.69. The minimum atomic E-state index is -0.799. The summed E-state index contributed by atoms with van der Waals surface area (Å²) in [5.41, 5.74) is 4.85. The lowest BCUT2D eigenvalue weighted by molar-refractivity contribution is -0.144. The fraction of sp³-hybridized carbons (Fsp3) is 0.429. The van der Waals surface area contributed by atoms with Crippen LogP contribution >= 0.6 is 0 Å². The van der Waals surface area contributed by atoms with Gasteiger partial charge in [0.2, 0.25) is 0 Å². The summed E-state index contributed by atoms with van der Waals surface area (Å²) in [7, 11) is 0. The van der Waals surface area contributed by atoms with E-state index in [9.17, 15) is 9.90 Å². The molecule has 1 aromatic carbocycles. The molecule has 1 fully saturated rings. The molecule has 148 valence electrons. The van der Waals surface area contributed by atoms with Gasteiger partial charge in [0.15, 0.2) is 0 Å². The second-order valence-electron chi connectivity index (χ2n) is 7.56. The van der Waals surface area contributed by atoms with E-state index in [1.54, 1.807) is 0 Å². The van der Waals surface area contributed by atoms with Crippen LogP contribution in [0.4, 0.5) is 0 Å². The van der Waals surface area contributed by atoms with Crippen molar-refractivity contribution in [1.82, 2.24) is 19.9 Å². The van der Waals surface area contributed by atoms with Crippen molar-refractivity contribution in [3.8, 4) is 0 Å². The standard InChI is InChI=1S/C21H26N4O3/c1-13-17(15(3)28-23-13)12-24-8-10-25(11-9-24)20(21(26)27)19-14(2)22-18-7-5-4-6-16(18)19/h4-7,20,22H,8-12H2,1-3H3,(H,26,27)/t20-/m1/s1. The Morgan fingerprint density at radius 2 is 1.93 bits per heavy atom. The van der Waals surface area contributed by atoms with Gasteiger partial charge in [0, 0.05) is 60.4 Å². The van der Waals surface area contributed by atoms with Crippen LogP contribution in [0.3, 0.4) is 0 Å². The molecule has 1 aliphatic heterocycles. The van der Waals surface area contributed by atoms with Crippen molar-refractivity contribution in [2.24, 2.45) is 0 Å². The lowest BCUT2D eigenvalue weighted by Gasteiger charge is -2.37. The monoisotopic (exact) mass is 382 g/mol. The number of hydrogen-bond donors (Lipinski definition) is 2. The van der Waals surface area contributed by atoms with Gasteiger partial charge in [0.1, 0.15) is 11.8 Å². The largest absolute Gasteiger partial charge is 0.480 e. The molecule has 1 aliphatic rings. The van der Waals surface area contributed by atoms with Crippen LogP contribution in [0.15, 0.2) is 28.8 Å². The fourth-order valence-corrected chi connectivity index (χ4v) is 4.24. The number of rotatable bonds is 5.